The van der Waals surface area contributed by atoms with Crippen molar-refractivity contribution in [2.75, 3.05) is 18.1 Å². The average molecular weight is 347 g/mol. The van der Waals surface area contributed by atoms with Crippen molar-refractivity contribution in [2.45, 2.75) is 38.4 Å². The van der Waals surface area contributed by atoms with Crippen molar-refractivity contribution in [3.8, 4) is 0 Å². The third-order valence-corrected chi connectivity index (χ3v) is 4.09. The molecule has 0 fully saturated rings. The number of hydrogen-bond acceptors (Lipinski definition) is 4. The summed E-state index contributed by atoms with van der Waals surface area (Å²) in [6.45, 7) is 5.88. The number of thioether (sulfide) groups is 1. The molecule has 0 atom stereocenters. The van der Waals surface area contributed by atoms with Crippen molar-refractivity contribution >= 4 is 23.5 Å². The van der Waals surface area contributed by atoms with Crippen LogP contribution >= 0.6 is 11.8 Å². The molecule has 0 saturated carbocycles. The van der Waals surface area contributed by atoms with Gasteiger partial charge in [-0.25, -0.2) is 4.79 Å². The van der Waals surface area contributed by atoms with Gasteiger partial charge in [0.1, 0.15) is 5.82 Å². The molecular formula is C17H25N5OS. The second-order valence-electron chi connectivity index (χ2n) is 5.96. The van der Waals surface area contributed by atoms with E-state index in [9.17, 15) is 4.79 Å². The molecule has 2 aromatic rings. The molecule has 0 spiro atoms. The maximum Gasteiger partial charge on any atom is 0.319 e. The monoisotopic (exact) mass is 347 g/mol. The van der Waals surface area contributed by atoms with E-state index in [-0.39, 0.29) is 6.03 Å². The molecule has 24 heavy (non-hydrogen) atoms. The SMILES string of the molecule is CSc1nnc(CCCNC(=O)Nc2ccccc2)n1CC(C)C. The summed E-state index contributed by atoms with van der Waals surface area (Å²) < 4.78 is 2.18. The van der Waals surface area contributed by atoms with Crippen molar-refractivity contribution in [1.82, 2.24) is 20.1 Å². The van der Waals surface area contributed by atoms with Gasteiger partial charge in [-0.15, -0.1) is 10.2 Å². The fourth-order valence-corrected chi connectivity index (χ4v) is 2.87. The summed E-state index contributed by atoms with van der Waals surface area (Å²) in [6, 6.07) is 9.23. The Labute approximate surface area is 147 Å². The molecule has 130 valence electrons. The molecule has 0 saturated heterocycles. The molecule has 2 rings (SSSR count). The molecular weight excluding hydrogens is 322 g/mol. The molecule has 0 unspecified atom stereocenters. The lowest BCUT2D eigenvalue weighted by atomic mass is 10.2. The third-order valence-electron chi connectivity index (χ3n) is 3.42. The summed E-state index contributed by atoms with van der Waals surface area (Å²) in [6.07, 6.45) is 3.64. The second-order valence-corrected chi connectivity index (χ2v) is 6.73. The first-order valence-electron chi connectivity index (χ1n) is 8.16. The second kappa shape index (κ2) is 9.32. The van der Waals surface area contributed by atoms with E-state index >= 15 is 0 Å². The number of benzene rings is 1. The highest BCUT2D eigenvalue weighted by Crippen LogP contribution is 2.16. The first kappa shape index (κ1) is 18.3. The highest BCUT2D eigenvalue weighted by molar-refractivity contribution is 7.98. The van der Waals surface area contributed by atoms with Gasteiger partial charge in [0.05, 0.1) is 0 Å². The van der Waals surface area contributed by atoms with Gasteiger partial charge in [0.2, 0.25) is 0 Å². The zero-order chi connectivity index (χ0) is 17.4. The van der Waals surface area contributed by atoms with Crippen LogP contribution in [0.15, 0.2) is 35.5 Å². The Morgan fingerprint density at radius 1 is 1.25 bits per heavy atom. The van der Waals surface area contributed by atoms with Crippen LogP contribution < -0.4 is 10.6 Å². The minimum absolute atomic E-state index is 0.186. The number of hydrogen-bond donors (Lipinski definition) is 2. The maximum absolute atomic E-state index is 11.8. The quantitative estimate of drug-likeness (QED) is 0.567. The van der Waals surface area contributed by atoms with E-state index in [4.69, 9.17) is 0 Å². The van der Waals surface area contributed by atoms with Crippen LogP contribution in [0, 0.1) is 5.92 Å². The predicted molar refractivity (Wildman–Crippen MR) is 98.4 cm³/mol. The van der Waals surface area contributed by atoms with E-state index in [2.05, 4.69) is 39.2 Å². The van der Waals surface area contributed by atoms with Crippen LogP contribution in [0.25, 0.3) is 0 Å². The molecule has 2 N–H and O–H groups in total. The van der Waals surface area contributed by atoms with Crippen molar-refractivity contribution in [3.63, 3.8) is 0 Å². The van der Waals surface area contributed by atoms with Crippen molar-refractivity contribution in [1.29, 1.82) is 0 Å². The molecule has 1 aromatic heterocycles. The highest BCUT2D eigenvalue weighted by atomic mass is 32.2. The van der Waals surface area contributed by atoms with Gasteiger partial charge < -0.3 is 15.2 Å². The van der Waals surface area contributed by atoms with E-state index in [1.165, 1.54) is 0 Å². The van der Waals surface area contributed by atoms with Crippen LogP contribution in [0.1, 0.15) is 26.1 Å². The lowest BCUT2D eigenvalue weighted by molar-refractivity contribution is 0.252. The first-order chi connectivity index (χ1) is 11.6. The van der Waals surface area contributed by atoms with Crippen LogP contribution in [-0.2, 0) is 13.0 Å². The lowest BCUT2D eigenvalue weighted by Gasteiger charge is -2.12. The Morgan fingerprint density at radius 3 is 2.67 bits per heavy atom. The zero-order valence-electron chi connectivity index (χ0n) is 14.5. The number of urea groups is 1. The molecule has 2 amide bonds. The fourth-order valence-electron chi connectivity index (χ4n) is 2.35. The molecule has 0 bridgehead atoms. The minimum atomic E-state index is -0.186. The first-order valence-corrected chi connectivity index (χ1v) is 9.38. The number of aromatic nitrogens is 3. The fraction of sp³-hybridized carbons (Fsp3) is 0.471. The predicted octanol–water partition coefficient (Wildman–Crippen LogP) is 3.41. The lowest BCUT2D eigenvalue weighted by Crippen LogP contribution is -2.29. The van der Waals surface area contributed by atoms with E-state index in [0.717, 1.165) is 36.1 Å². The van der Waals surface area contributed by atoms with E-state index < -0.39 is 0 Å². The molecule has 0 radical (unpaired) electrons. The number of carbonyl (C=O) groups excluding carboxylic acids is 1. The van der Waals surface area contributed by atoms with Gasteiger partial charge in [0.25, 0.3) is 0 Å². The number of rotatable bonds is 8. The van der Waals surface area contributed by atoms with Gasteiger partial charge in [-0.3, -0.25) is 0 Å². The van der Waals surface area contributed by atoms with E-state index in [0.29, 0.717) is 12.5 Å². The largest absolute Gasteiger partial charge is 0.338 e. The summed E-state index contributed by atoms with van der Waals surface area (Å²) >= 11 is 1.61. The Balaban J connectivity index is 1.78. The van der Waals surface area contributed by atoms with Crippen molar-refractivity contribution in [2.24, 2.45) is 5.92 Å². The van der Waals surface area contributed by atoms with Crippen LogP contribution in [0.4, 0.5) is 10.5 Å². The number of amides is 2. The molecule has 0 aliphatic carbocycles. The number of anilines is 1. The van der Waals surface area contributed by atoms with Crippen LogP contribution in [0.3, 0.4) is 0 Å². The van der Waals surface area contributed by atoms with Gasteiger partial charge in [0, 0.05) is 25.2 Å². The minimum Gasteiger partial charge on any atom is -0.338 e. The summed E-state index contributed by atoms with van der Waals surface area (Å²) in [4.78, 5) is 11.8. The molecule has 7 heteroatoms. The van der Waals surface area contributed by atoms with Crippen LogP contribution in [-0.4, -0.2) is 33.6 Å². The van der Waals surface area contributed by atoms with Gasteiger partial charge >= 0.3 is 6.03 Å². The van der Waals surface area contributed by atoms with E-state index in [1.807, 2.05) is 36.6 Å². The molecule has 1 heterocycles. The number of aryl methyl sites for hydroxylation is 1. The van der Waals surface area contributed by atoms with Crippen molar-refractivity contribution in [3.05, 3.63) is 36.2 Å². The smallest absolute Gasteiger partial charge is 0.319 e. The van der Waals surface area contributed by atoms with Gasteiger partial charge in [0.15, 0.2) is 5.16 Å². The summed E-state index contributed by atoms with van der Waals surface area (Å²) in [5.41, 5.74) is 0.788. The average Bonchev–Trinajstić information content (AvgIpc) is 2.93. The highest BCUT2D eigenvalue weighted by Gasteiger charge is 2.12. The van der Waals surface area contributed by atoms with Gasteiger partial charge in [-0.2, -0.15) is 0 Å². The number of para-hydroxylation sites is 1. The van der Waals surface area contributed by atoms with E-state index in [1.54, 1.807) is 11.8 Å². The Morgan fingerprint density at radius 2 is 2.00 bits per heavy atom. The molecule has 6 nitrogen and oxygen atoms in total. The Bertz CT molecular complexity index is 642. The summed E-state index contributed by atoms with van der Waals surface area (Å²) in [5.74, 6) is 1.53. The third kappa shape index (κ3) is 5.56. The van der Waals surface area contributed by atoms with Gasteiger partial charge in [-0.1, -0.05) is 43.8 Å². The maximum atomic E-state index is 11.8. The van der Waals surface area contributed by atoms with Crippen molar-refractivity contribution < 1.29 is 4.79 Å². The van der Waals surface area contributed by atoms with Crippen LogP contribution in [0.2, 0.25) is 0 Å². The normalized spacial score (nSPS) is 10.8. The Hall–Kier alpha value is -2.02. The number of nitrogens with zero attached hydrogens (tertiary/aromatic N) is 3. The van der Waals surface area contributed by atoms with Crippen LogP contribution in [0.5, 0.6) is 0 Å². The standard InChI is InChI=1S/C17H25N5OS/c1-13(2)12-22-15(20-21-17(22)24-3)10-7-11-18-16(23)19-14-8-5-4-6-9-14/h4-6,8-9,13H,7,10-12H2,1-3H3,(H2,18,19,23). The molecule has 0 aliphatic heterocycles. The number of carbonyl (C=O) groups is 1. The Kier molecular flexibility index (Phi) is 7.11. The zero-order valence-corrected chi connectivity index (χ0v) is 15.3. The number of nitrogens with one attached hydrogen (secondary N) is 2. The molecule has 0 aliphatic rings. The summed E-state index contributed by atoms with van der Waals surface area (Å²) in [7, 11) is 0. The summed E-state index contributed by atoms with van der Waals surface area (Å²) in [5, 5.41) is 15.1. The topological polar surface area (TPSA) is 71.8 Å². The molecule has 1 aromatic carbocycles. The van der Waals surface area contributed by atoms with Gasteiger partial charge in [-0.05, 0) is 30.7 Å².